The van der Waals surface area contributed by atoms with Crippen molar-refractivity contribution in [3.63, 3.8) is 0 Å². The van der Waals surface area contributed by atoms with Crippen LogP contribution in [0.3, 0.4) is 0 Å². The minimum atomic E-state index is 0.983. The molecule has 0 spiro atoms. The molecule has 0 radical (unpaired) electrons. The Morgan fingerprint density at radius 3 is 2.35 bits per heavy atom. The first-order chi connectivity index (χ1) is 8.40. The van der Waals surface area contributed by atoms with Crippen LogP contribution in [0.1, 0.15) is 0 Å². The van der Waals surface area contributed by atoms with Crippen LogP contribution in [0.5, 0.6) is 5.75 Å². The molecule has 0 unspecified atom stereocenters. The lowest BCUT2D eigenvalue weighted by Gasteiger charge is -2.02. The Bertz CT molecular complexity index is 640. The van der Waals surface area contributed by atoms with Gasteiger partial charge in [-0.3, -0.25) is 0 Å². The van der Waals surface area contributed by atoms with Crippen molar-refractivity contribution in [2.45, 2.75) is 0 Å². The Kier molecular flexibility index (Phi) is 2.57. The molecule has 0 saturated carbocycles. The van der Waals surface area contributed by atoms with E-state index in [9.17, 15) is 0 Å². The summed E-state index contributed by atoms with van der Waals surface area (Å²) >= 11 is 1.78. The molecule has 0 aliphatic carbocycles. The fourth-order valence-electron chi connectivity index (χ4n) is 2.00. The molecule has 1 heterocycles. The number of methoxy groups -OCH3 is 1. The standard InChI is InChI=1S/C15H12OS/c1-16-14-12-9-5-6-10-13(12)17-15(14)11-7-3-2-4-8-11/h2-10H,1H3. The Hall–Kier alpha value is -1.80. The Labute approximate surface area is 104 Å². The van der Waals surface area contributed by atoms with Gasteiger partial charge in [-0.1, -0.05) is 42.5 Å². The molecule has 2 heteroatoms. The maximum atomic E-state index is 5.56. The second-order valence-corrected chi connectivity index (χ2v) is 4.88. The van der Waals surface area contributed by atoms with Gasteiger partial charge in [-0.2, -0.15) is 0 Å². The summed E-state index contributed by atoms with van der Waals surface area (Å²) in [5.41, 5.74) is 1.21. The van der Waals surface area contributed by atoms with E-state index in [4.69, 9.17) is 4.74 Å². The number of benzene rings is 2. The SMILES string of the molecule is COc1c(-c2ccccc2)sc2ccccc12. The summed E-state index contributed by atoms with van der Waals surface area (Å²) in [4.78, 5) is 1.20. The van der Waals surface area contributed by atoms with Crippen molar-refractivity contribution in [2.24, 2.45) is 0 Å². The highest BCUT2D eigenvalue weighted by atomic mass is 32.1. The maximum Gasteiger partial charge on any atom is 0.145 e. The average Bonchev–Trinajstić information content (AvgIpc) is 2.78. The van der Waals surface area contributed by atoms with Crippen LogP contribution in [0.15, 0.2) is 54.6 Å². The second kappa shape index (κ2) is 4.22. The van der Waals surface area contributed by atoms with E-state index in [0.717, 1.165) is 5.75 Å². The van der Waals surface area contributed by atoms with Gasteiger partial charge in [-0.25, -0.2) is 0 Å². The number of hydrogen-bond donors (Lipinski definition) is 0. The lowest BCUT2D eigenvalue weighted by atomic mass is 10.1. The number of ether oxygens (including phenoxy) is 1. The topological polar surface area (TPSA) is 9.23 Å². The summed E-state index contributed by atoms with van der Waals surface area (Å²) in [5.74, 6) is 0.983. The number of fused-ring (bicyclic) bond motifs is 1. The van der Waals surface area contributed by atoms with Gasteiger partial charge >= 0.3 is 0 Å². The summed E-state index contributed by atoms with van der Waals surface area (Å²) < 4.78 is 6.83. The van der Waals surface area contributed by atoms with Gasteiger partial charge < -0.3 is 4.74 Å². The molecule has 1 nitrogen and oxygen atoms in total. The van der Waals surface area contributed by atoms with Crippen molar-refractivity contribution in [3.05, 3.63) is 54.6 Å². The minimum Gasteiger partial charge on any atom is -0.495 e. The molecule has 0 saturated heterocycles. The Morgan fingerprint density at radius 2 is 1.59 bits per heavy atom. The normalized spacial score (nSPS) is 10.6. The van der Waals surface area contributed by atoms with E-state index in [2.05, 4.69) is 42.5 Å². The van der Waals surface area contributed by atoms with Crippen molar-refractivity contribution in [3.8, 4) is 16.2 Å². The molecular formula is C15H12OS. The van der Waals surface area contributed by atoms with Crippen LogP contribution in [0.25, 0.3) is 20.5 Å². The third-order valence-corrected chi connectivity index (χ3v) is 3.99. The van der Waals surface area contributed by atoms with Crippen LogP contribution < -0.4 is 4.74 Å². The first-order valence-electron chi connectivity index (χ1n) is 5.51. The molecule has 0 amide bonds. The van der Waals surface area contributed by atoms with Gasteiger partial charge in [0, 0.05) is 10.1 Å². The Balaban J connectivity index is 2.30. The summed E-state index contributed by atoms with van der Waals surface area (Å²) in [7, 11) is 1.74. The molecular weight excluding hydrogens is 228 g/mol. The monoisotopic (exact) mass is 240 g/mol. The molecule has 3 rings (SSSR count). The number of hydrogen-bond acceptors (Lipinski definition) is 2. The fraction of sp³-hybridized carbons (Fsp3) is 0.0667. The number of rotatable bonds is 2. The zero-order valence-corrected chi connectivity index (χ0v) is 10.3. The zero-order valence-electron chi connectivity index (χ0n) is 9.51. The zero-order chi connectivity index (χ0) is 11.7. The molecule has 2 aromatic carbocycles. The van der Waals surface area contributed by atoms with Crippen molar-refractivity contribution < 1.29 is 4.74 Å². The van der Waals surface area contributed by atoms with Gasteiger partial charge in [0.25, 0.3) is 0 Å². The van der Waals surface area contributed by atoms with Gasteiger partial charge in [-0.15, -0.1) is 11.3 Å². The molecule has 84 valence electrons. The van der Waals surface area contributed by atoms with E-state index >= 15 is 0 Å². The highest BCUT2D eigenvalue weighted by molar-refractivity contribution is 7.22. The quantitative estimate of drug-likeness (QED) is 0.637. The first kappa shape index (κ1) is 10.4. The van der Waals surface area contributed by atoms with Crippen molar-refractivity contribution in [2.75, 3.05) is 7.11 Å². The molecule has 3 aromatic rings. The lowest BCUT2D eigenvalue weighted by molar-refractivity contribution is 0.423. The second-order valence-electron chi connectivity index (χ2n) is 3.83. The fourth-order valence-corrected chi connectivity index (χ4v) is 3.18. The molecule has 0 aliphatic heterocycles. The van der Waals surface area contributed by atoms with Crippen molar-refractivity contribution in [1.82, 2.24) is 0 Å². The van der Waals surface area contributed by atoms with Gasteiger partial charge in [-0.05, 0) is 17.7 Å². The van der Waals surface area contributed by atoms with Crippen LogP contribution >= 0.6 is 11.3 Å². The molecule has 0 aliphatic rings. The van der Waals surface area contributed by atoms with E-state index in [1.54, 1.807) is 18.4 Å². The average molecular weight is 240 g/mol. The van der Waals surface area contributed by atoms with Gasteiger partial charge in [0.05, 0.1) is 12.0 Å². The van der Waals surface area contributed by atoms with Crippen LogP contribution in [-0.2, 0) is 0 Å². The third kappa shape index (κ3) is 1.71. The van der Waals surface area contributed by atoms with Gasteiger partial charge in [0.2, 0.25) is 0 Å². The molecule has 0 atom stereocenters. The van der Waals surface area contributed by atoms with Crippen molar-refractivity contribution in [1.29, 1.82) is 0 Å². The predicted molar refractivity (Wildman–Crippen MR) is 73.8 cm³/mol. The number of thiophene rings is 1. The summed E-state index contributed by atoms with van der Waals surface area (Å²) in [6.07, 6.45) is 0. The van der Waals surface area contributed by atoms with E-state index in [1.807, 2.05) is 12.1 Å². The summed E-state index contributed by atoms with van der Waals surface area (Å²) in [6, 6.07) is 18.7. The molecule has 0 N–H and O–H groups in total. The first-order valence-corrected chi connectivity index (χ1v) is 6.33. The highest BCUT2D eigenvalue weighted by Crippen LogP contribution is 2.43. The Morgan fingerprint density at radius 1 is 0.882 bits per heavy atom. The summed E-state index contributed by atoms with van der Waals surface area (Å²) in [5, 5.41) is 1.19. The van der Waals surface area contributed by atoms with Crippen LogP contribution in [0.2, 0.25) is 0 Å². The van der Waals surface area contributed by atoms with E-state index in [1.165, 1.54) is 20.5 Å². The van der Waals surface area contributed by atoms with E-state index in [-0.39, 0.29) is 0 Å². The van der Waals surface area contributed by atoms with Crippen LogP contribution in [0, 0.1) is 0 Å². The van der Waals surface area contributed by atoms with Crippen LogP contribution in [0.4, 0.5) is 0 Å². The third-order valence-electron chi connectivity index (χ3n) is 2.79. The van der Waals surface area contributed by atoms with Crippen molar-refractivity contribution >= 4 is 21.4 Å². The van der Waals surface area contributed by atoms with E-state index in [0.29, 0.717) is 0 Å². The highest BCUT2D eigenvalue weighted by Gasteiger charge is 2.13. The smallest absolute Gasteiger partial charge is 0.145 e. The molecule has 0 bridgehead atoms. The lowest BCUT2D eigenvalue weighted by Crippen LogP contribution is -1.83. The minimum absolute atomic E-state index is 0.983. The molecule has 17 heavy (non-hydrogen) atoms. The predicted octanol–water partition coefficient (Wildman–Crippen LogP) is 4.58. The molecule has 0 fully saturated rings. The van der Waals surface area contributed by atoms with Gasteiger partial charge in [0.1, 0.15) is 5.75 Å². The van der Waals surface area contributed by atoms with Gasteiger partial charge in [0.15, 0.2) is 0 Å². The van der Waals surface area contributed by atoms with Crippen LogP contribution in [-0.4, -0.2) is 7.11 Å². The van der Waals surface area contributed by atoms with E-state index < -0.39 is 0 Å². The summed E-state index contributed by atoms with van der Waals surface area (Å²) in [6.45, 7) is 0. The maximum absolute atomic E-state index is 5.56. The molecule has 1 aromatic heterocycles. The largest absolute Gasteiger partial charge is 0.495 e.